The molecule has 4 aromatic carbocycles. The van der Waals surface area contributed by atoms with E-state index < -0.39 is 0 Å². The van der Waals surface area contributed by atoms with Crippen molar-refractivity contribution >= 4 is 45.0 Å². The fraction of sp³-hybridized carbons (Fsp3) is 0.111. The average molecular weight is 428 g/mol. The second kappa shape index (κ2) is 6.14. The van der Waals surface area contributed by atoms with Gasteiger partial charge in [0.05, 0.1) is 21.7 Å². The zero-order valence-corrected chi connectivity index (χ0v) is 18.2. The number of halogens is 2. The minimum Gasteiger partial charge on any atom is -0.307 e. The van der Waals surface area contributed by atoms with Crippen LogP contribution in [0.2, 0.25) is 10.0 Å². The largest absolute Gasteiger partial charge is 0.307 e. The van der Waals surface area contributed by atoms with Gasteiger partial charge >= 0.3 is 0 Å². The highest BCUT2D eigenvalue weighted by atomic mass is 35.5. The van der Waals surface area contributed by atoms with Gasteiger partial charge < -0.3 is 4.57 Å². The zero-order chi connectivity index (χ0) is 20.6. The molecule has 0 saturated heterocycles. The van der Waals surface area contributed by atoms with Crippen LogP contribution in [0.25, 0.3) is 38.6 Å². The Morgan fingerprint density at radius 1 is 0.733 bits per heavy atom. The summed E-state index contributed by atoms with van der Waals surface area (Å²) >= 11 is 13.2. The summed E-state index contributed by atoms with van der Waals surface area (Å²) in [6, 6.07) is 27.4. The maximum Gasteiger partial charge on any atom is 0.0648 e. The number of fused-ring (bicyclic) bond motifs is 7. The summed E-state index contributed by atoms with van der Waals surface area (Å²) in [6.07, 6.45) is 0. The van der Waals surface area contributed by atoms with E-state index in [1.54, 1.807) is 0 Å². The third-order valence-corrected chi connectivity index (χ3v) is 7.08. The van der Waals surface area contributed by atoms with Gasteiger partial charge in [0, 0.05) is 26.8 Å². The Balaban J connectivity index is 1.89. The van der Waals surface area contributed by atoms with E-state index in [9.17, 15) is 0 Å². The van der Waals surface area contributed by atoms with Crippen molar-refractivity contribution in [1.82, 2.24) is 4.57 Å². The summed E-state index contributed by atoms with van der Waals surface area (Å²) in [5.41, 5.74) is 8.35. The molecule has 0 N–H and O–H groups in total. The van der Waals surface area contributed by atoms with E-state index in [2.05, 4.69) is 73.0 Å². The molecule has 5 aromatic rings. The molecule has 0 fully saturated rings. The molecule has 0 radical (unpaired) electrons. The van der Waals surface area contributed by atoms with E-state index in [1.165, 1.54) is 38.5 Å². The summed E-state index contributed by atoms with van der Waals surface area (Å²) in [5.74, 6) is 0. The molecule has 0 saturated carbocycles. The second-order valence-electron chi connectivity index (χ2n) is 8.50. The maximum absolute atomic E-state index is 6.71. The van der Waals surface area contributed by atoms with Crippen LogP contribution in [0.4, 0.5) is 0 Å². The minimum atomic E-state index is -0.0921. The molecule has 6 rings (SSSR count). The van der Waals surface area contributed by atoms with Crippen LogP contribution >= 0.6 is 23.2 Å². The Morgan fingerprint density at radius 2 is 1.47 bits per heavy atom. The van der Waals surface area contributed by atoms with Gasteiger partial charge in [0.1, 0.15) is 0 Å². The van der Waals surface area contributed by atoms with E-state index in [0.717, 1.165) is 21.2 Å². The van der Waals surface area contributed by atoms with Crippen LogP contribution in [-0.2, 0) is 5.41 Å². The van der Waals surface area contributed by atoms with Gasteiger partial charge in [-0.15, -0.1) is 0 Å². The number of nitrogens with zero attached hydrogens (tertiary/aromatic N) is 1. The minimum absolute atomic E-state index is 0.0921. The van der Waals surface area contributed by atoms with Crippen LogP contribution in [0, 0.1) is 0 Å². The molecule has 30 heavy (non-hydrogen) atoms. The molecule has 3 heteroatoms. The predicted molar refractivity (Wildman–Crippen MR) is 128 cm³/mol. The van der Waals surface area contributed by atoms with Crippen molar-refractivity contribution in [2.24, 2.45) is 0 Å². The monoisotopic (exact) mass is 427 g/mol. The number of hydrogen-bond acceptors (Lipinski definition) is 0. The Morgan fingerprint density at radius 3 is 2.30 bits per heavy atom. The molecule has 1 heterocycles. The van der Waals surface area contributed by atoms with Crippen molar-refractivity contribution in [2.75, 3.05) is 0 Å². The molecule has 1 aliphatic carbocycles. The standard InChI is InChI=1S/C27H19Cl2N/c1-27(2)20-13-11-16(28)15-19(20)25-21(27)14-12-18-17-7-3-5-9-23(17)30(26(18)25)24-10-6-4-8-22(24)29/h3-15H,1-2H3. The second-order valence-corrected chi connectivity index (χ2v) is 9.35. The van der Waals surface area contributed by atoms with E-state index in [4.69, 9.17) is 23.2 Å². The first-order chi connectivity index (χ1) is 14.5. The van der Waals surface area contributed by atoms with Crippen LogP contribution in [0.1, 0.15) is 25.0 Å². The molecule has 1 aromatic heterocycles. The third kappa shape index (κ3) is 2.25. The van der Waals surface area contributed by atoms with Gasteiger partial charge in [-0.05, 0) is 47.0 Å². The lowest BCUT2D eigenvalue weighted by molar-refractivity contribution is 0.661. The molecule has 0 bridgehead atoms. The highest BCUT2D eigenvalue weighted by Gasteiger charge is 2.37. The SMILES string of the molecule is CC1(C)c2ccc(Cl)cc2-c2c1ccc1c3ccccc3n(-c3ccccc3Cl)c21. The van der Waals surface area contributed by atoms with Crippen LogP contribution in [0.5, 0.6) is 0 Å². The van der Waals surface area contributed by atoms with Crippen molar-refractivity contribution in [3.63, 3.8) is 0 Å². The van der Waals surface area contributed by atoms with Crippen molar-refractivity contribution in [3.05, 3.63) is 100 Å². The normalized spacial score (nSPS) is 14.3. The van der Waals surface area contributed by atoms with E-state index in [0.29, 0.717) is 0 Å². The first kappa shape index (κ1) is 18.1. The number of para-hydroxylation sites is 2. The highest BCUT2D eigenvalue weighted by molar-refractivity contribution is 6.33. The Labute approximate surface area is 185 Å². The summed E-state index contributed by atoms with van der Waals surface area (Å²) in [6.45, 7) is 4.58. The molecule has 0 atom stereocenters. The zero-order valence-electron chi connectivity index (χ0n) is 16.7. The maximum atomic E-state index is 6.71. The summed E-state index contributed by atoms with van der Waals surface area (Å²) in [7, 11) is 0. The smallest absolute Gasteiger partial charge is 0.0648 e. The molecule has 146 valence electrons. The Hall–Kier alpha value is -2.74. The van der Waals surface area contributed by atoms with Crippen LogP contribution in [0.3, 0.4) is 0 Å². The van der Waals surface area contributed by atoms with Gasteiger partial charge in [0.25, 0.3) is 0 Å². The first-order valence-corrected chi connectivity index (χ1v) is 10.9. The molecular weight excluding hydrogens is 409 g/mol. The quantitative estimate of drug-likeness (QED) is 0.253. The molecule has 0 aliphatic heterocycles. The van der Waals surface area contributed by atoms with E-state index in [1.807, 2.05) is 24.3 Å². The van der Waals surface area contributed by atoms with Crippen molar-refractivity contribution < 1.29 is 0 Å². The molecule has 0 spiro atoms. The highest BCUT2D eigenvalue weighted by Crippen LogP contribution is 2.53. The van der Waals surface area contributed by atoms with Gasteiger partial charge in [-0.25, -0.2) is 0 Å². The van der Waals surface area contributed by atoms with Crippen LogP contribution in [0.15, 0.2) is 78.9 Å². The topological polar surface area (TPSA) is 4.93 Å². The third-order valence-electron chi connectivity index (χ3n) is 6.53. The van der Waals surface area contributed by atoms with Gasteiger partial charge in [-0.3, -0.25) is 0 Å². The molecular formula is C27H19Cl2N. The molecule has 0 amide bonds. The fourth-order valence-electron chi connectivity index (χ4n) is 5.15. The lowest BCUT2D eigenvalue weighted by Gasteiger charge is -2.21. The average Bonchev–Trinajstić information content (AvgIpc) is 3.18. The van der Waals surface area contributed by atoms with Gasteiger partial charge in [0.2, 0.25) is 0 Å². The van der Waals surface area contributed by atoms with Gasteiger partial charge in [0.15, 0.2) is 0 Å². The van der Waals surface area contributed by atoms with Gasteiger partial charge in [-0.1, -0.05) is 85.6 Å². The Bertz CT molecular complexity index is 1490. The van der Waals surface area contributed by atoms with E-state index >= 15 is 0 Å². The van der Waals surface area contributed by atoms with Crippen LogP contribution < -0.4 is 0 Å². The Kier molecular flexibility index (Phi) is 3.69. The number of hydrogen-bond donors (Lipinski definition) is 0. The summed E-state index contributed by atoms with van der Waals surface area (Å²) in [5, 5.41) is 3.95. The molecule has 1 nitrogen and oxygen atoms in total. The van der Waals surface area contributed by atoms with Gasteiger partial charge in [-0.2, -0.15) is 0 Å². The summed E-state index contributed by atoms with van der Waals surface area (Å²) in [4.78, 5) is 0. The predicted octanol–water partition coefficient (Wildman–Crippen LogP) is 8.40. The lowest BCUT2D eigenvalue weighted by Crippen LogP contribution is -2.14. The summed E-state index contributed by atoms with van der Waals surface area (Å²) < 4.78 is 2.32. The number of rotatable bonds is 1. The molecule has 0 unspecified atom stereocenters. The fourth-order valence-corrected chi connectivity index (χ4v) is 5.54. The van der Waals surface area contributed by atoms with Crippen molar-refractivity contribution in [3.8, 4) is 16.8 Å². The number of aromatic nitrogens is 1. The number of benzene rings is 4. The van der Waals surface area contributed by atoms with Crippen molar-refractivity contribution in [1.29, 1.82) is 0 Å². The molecule has 1 aliphatic rings. The van der Waals surface area contributed by atoms with Crippen molar-refractivity contribution in [2.45, 2.75) is 19.3 Å². The van der Waals surface area contributed by atoms with E-state index in [-0.39, 0.29) is 5.41 Å². The first-order valence-electron chi connectivity index (χ1n) is 10.1. The van der Waals surface area contributed by atoms with Crippen LogP contribution in [-0.4, -0.2) is 4.57 Å². The lowest BCUT2D eigenvalue weighted by atomic mass is 9.82.